The van der Waals surface area contributed by atoms with Crippen LogP contribution in [0.2, 0.25) is 5.02 Å². The highest BCUT2D eigenvalue weighted by Gasteiger charge is 2.39. The summed E-state index contributed by atoms with van der Waals surface area (Å²) < 4.78 is 0. The summed E-state index contributed by atoms with van der Waals surface area (Å²) >= 11 is 7.57. The van der Waals surface area contributed by atoms with Crippen LogP contribution in [-0.2, 0) is 9.59 Å². The van der Waals surface area contributed by atoms with Crippen molar-refractivity contribution < 1.29 is 14.4 Å². The summed E-state index contributed by atoms with van der Waals surface area (Å²) in [5.74, 6) is -0.555. The summed E-state index contributed by atoms with van der Waals surface area (Å²) in [5, 5.41) is 5.21. The SMILES string of the molecule is O=C(NC1CCN(c2ccccc2Cl)C1=O)[C@@H]1CCCN1C(=O)c1cccs1. The molecule has 8 heteroatoms. The van der Waals surface area contributed by atoms with Gasteiger partial charge in [-0.05, 0) is 42.8 Å². The fraction of sp³-hybridized carbons (Fsp3) is 0.350. The fourth-order valence-corrected chi connectivity index (χ4v) is 4.73. The third kappa shape index (κ3) is 3.52. The van der Waals surface area contributed by atoms with E-state index < -0.39 is 12.1 Å². The maximum atomic E-state index is 12.8. The Morgan fingerprint density at radius 1 is 1.11 bits per heavy atom. The summed E-state index contributed by atoms with van der Waals surface area (Å²) in [6.07, 6.45) is 1.90. The predicted octanol–water partition coefficient (Wildman–Crippen LogP) is 2.93. The fourth-order valence-electron chi connectivity index (χ4n) is 3.82. The van der Waals surface area contributed by atoms with Crippen LogP contribution in [0.5, 0.6) is 0 Å². The Kier molecular flexibility index (Phi) is 5.37. The molecule has 28 heavy (non-hydrogen) atoms. The van der Waals surface area contributed by atoms with Crippen molar-refractivity contribution in [3.63, 3.8) is 0 Å². The van der Waals surface area contributed by atoms with Gasteiger partial charge in [0.25, 0.3) is 5.91 Å². The van der Waals surface area contributed by atoms with Crippen molar-refractivity contribution in [1.82, 2.24) is 10.2 Å². The molecular weight excluding hydrogens is 398 g/mol. The lowest BCUT2D eigenvalue weighted by Gasteiger charge is -2.25. The van der Waals surface area contributed by atoms with E-state index in [1.54, 1.807) is 28.0 Å². The van der Waals surface area contributed by atoms with Gasteiger partial charge in [-0.25, -0.2) is 0 Å². The van der Waals surface area contributed by atoms with Gasteiger partial charge in [-0.15, -0.1) is 11.3 Å². The van der Waals surface area contributed by atoms with Crippen molar-refractivity contribution in [2.45, 2.75) is 31.3 Å². The molecule has 0 spiro atoms. The van der Waals surface area contributed by atoms with E-state index in [9.17, 15) is 14.4 Å². The quantitative estimate of drug-likeness (QED) is 0.831. The van der Waals surface area contributed by atoms with E-state index in [0.717, 1.165) is 6.42 Å². The zero-order chi connectivity index (χ0) is 19.7. The zero-order valence-corrected chi connectivity index (χ0v) is 16.7. The van der Waals surface area contributed by atoms with Gasteiger partial charge in [0.15, 0.2) is 0 Å². The molecule has 2 atom stereocenters. The lowest BCUT2D eigenvalue weighted by atomic mass is 10.1. The number of thiophene rings is 1. The van der Waals surface area contributed by atoms with Crippen LogP contribution < -0.4 is 10.2 Å². The van der Waals surface area contributed by atoms with Gasteiger partial charge in [-0.2, -0.15) is 0 Å². The number of amides is 3. The molecule has 1 unspecified atom stereocenters. The molecule has 146 valence electrons. The number of nitrogens with one attached hydrogen (secondary N) is 1. The lowest BCUT2D eigenvalue weighted by Crippen LogP contribution is -2.50. The molecule has 6 nitrogen and oxygen atoms in total. The molecule has 2 saturated heterocycles. The topological polar surface area (TPSA) is 69.7 Å². The standard InChI is InChI=1S/C20H20ClN3O3S/c21-13-5-1-2-6-15(13)24-11-9-14(19(24)26)22-18(25)16-7-3-10-23(16)20(27)17-8-4-12-28-17/h1-2,4-6,8,12,14,16H,3,7,9-11H2,(H,22,25)/t14?,16-/m0/s1. The number of hydrogen-bond donors (Lipinski definition) is 1. The van der Waals surface area contributed by atoms with Crippen LogP contribution in [0.4, 0.5) is 5.69 Å². The van der Waals surface area contributed by atoms with Crippen molar-refractivity contribution in [3.05, 3.63) is 51.7 Å². The molecular formula is C20H20ClN3O3S. The Balaban J connectivity index is 1.43. The first-order valence-electron chi connectivity index (χ1n) is 9.27. The molecule has 0 bridgehead atoms. The Hall–Kier alpha value is -2.38. The third-order valence-electron chi connectivity index (χ3n) is 5.21. The average Bonchev–Trinajstić information content (AvgIpc) is 3.44. The molecule has 3 amide bonds. The normalized spacial score (nSPS) is 22.0. The highest BCUT2D eigenvalue weighted by molar-refractivity contribution is 7.12. The molecule has 1 aromatic carbocycles. The molecule has 0 radical (unpaired) electrons. The highest BCUT2D eigenvalue weighted by atomic mass is 35.5. The van der Waals surface area contributed by atoms with Crippen LogP contribution in [-0.4, -0.2) is 47.8 Å². The van der Waals surface area contributed by atoms with E-state index in [-0.39, 0.29) is 17.7 Å². The second-order valence-electron chi connectivity index (χ2n) is 6.93. The van der Waals surface area contributed by atoms with Gasteiger partial charge < -0.3 is 15.1 Å². The van der Waals surface area contributed by atoms with Crippen molar-refractivity contribution in [1.29, 1.82) is 0 Å². The van der Waals surface area contributed by atoms with Crippen LogP contribution in [0.25, 0.3) is 0 Å². The van der Waals surface area contributed by atoms with E-state index in [4.69, 9.17) is 11.6 Å². The number of para-hydroxylation sites is 1. The van der Waals surface area contributed by atoms with Crippen LogP contribution in [0.3, 0.4) is 0 Å². The molecule has 2 aliphatic heterocycles. The van der Waals surface area contributed by atoms with Gasteiger partial charge in [-0.1, -0.05) is 29.8 Å². The lowest BCUT2D eigenvalue weighted by molar-refractivity contribution is -0.129. The molecule has 3 heterocycles. The predicted molar refractivity (Wildman–Crippen MR) is 109 cm³/mol. The van der Waals surface area contributed by atoms with Crippen LogP contribution >= 0.6 is 22.9 Å². The Morgan fingerprint density at radius 2 is 1.93 bits per heavy atom. The monoisotopic (exact) mass is 417 g/mol. The molecule has 2 aliphatic rings. The minimum Gasteiger partial charge on any atom is -0.342 e. The maximum Gasteiger partial charge on any atom is 0.264 e. The average molecular weight is 418 g/mol. The number of nitrogens with zero attached hydrogens (tertiary/aromatic N) is 2. The van der Waals surface area contributed by atoms with Gasteiger partial charge in [-0.3, -0.25) is 14.4 Å². The Morgan fingerprint density at radius 3 is 2.68 bits per heavy atom. The van der Waals surface area contributed by atoms with Gasteiger partial charge in [0.2, 0.25) is 11.8 Å². The first-order valence-corrected chi connectivity index (χ1v) is 10.5. The van der Waals surface area contributed by atoms with Gasteiger partial charge in [0.05, 0.1) is 15.6 Å². The van der Waals surface area contributed by atoms with Crippen molar-refractivity contribution in [3.8, 4) is 0 Å². The molecule has 2 aromatic rings. The molecule has 1 aromatic heterocycles. The zero-order valence-electron chi connectivity index (χ0n) is 15.1. The summed E-state index contributed by atoms with van der Waals surface area (Å²) in [6, 6.07) is 9.63. The van der Waals surface area contributed by atoms with Crippen LogP contribution in [0.15, 0.2) is 41.8 Å². The number of carbonyl (C=O) groups excluding carboxylic acids is 3. The van der Waals surface area contributed by atoms with Crippen molar-refractivity contribution >= 4 is 46.3 Å². The van der Waals surface area contributed by atoms with E-state index >= 15 is 0 Å². The number of benzene rings is 1. The van der Waals surface area contributed by atoms with Gasteiger partial charge >= 0.3 is 0 Å². The van der Waals surface area contributed by atoms with Gasteiger partial charge in [0.1, 0.15) is 12.1 Å². The van der Waals surface area contributed by atoms with Crippen molar-refractivity contribution in [2.24, 2.45) is 0 Å². The van der Waals surface area contributed by atoms with Crippen LogP contribution in [0, 0.1) is 0 Å². The second-order valence-corrected chi connectivity index (χ2v) is 8.28. The molecule has 0 aliphatic carbocycles. The summed E-state index contributed by atoms with van der Waals surface area (Å²) in [4.78, 5) is 42.1. The number of halogens is 1. The first-order chi connectivity index (χ1) is 13.6. The Bertz CT molecular complexity index is 902. The van der Waals surface area contributed by atoms with E-state index in [2.05, 4.69) is 5.32 Å². The summed E-state index contributed by atoms with van der Waals surface area (Å²) in [6.45, 7) is 1.05. The minimum atomic E-state index is -0.594. The highest BCUT2D eigenvalue weighted by Crippen LogP contribution is 2.29. The molecule has 0 saturated carbocycles. The maximum absolute atomic E-state index is 12.8. The number of carbonyl (C=O) groups is 3. The van der Waals surface area contributed by atoms with Crippen molar-refractivity contribution in [2.75, 3.05) is 18.0 Å². The van der Waals surface area contributed by atoms with E-state index in [1.807, 2.05) is 23.6 Å². The van der Waals surface area contributed by atoms with E-state index in [0.29, 0.717) is 41.5 Å². The third-order valence-corrected chi connectivity index (χ3v) is 6.39. The molecule has 4 rings (SSSR count). The number of rotatable bonds is 4. The summed E-state index contributed by atoms with van der Waals surface area (Å²) in [7, 11) is 0. The van der Waals surface area contributed by atoms with Gasteiger partial charge in [0, 0.05) is 13.1 Å². The molecule has 2 fully saturated rings. The van der Waals surface area contributed by atoms with Crippen LogP contribution in [0.1, 0.15) is 28.9 Å². The summed E-state index contributed by atoms with van der Waals surface area (Å²) in [5.41, 5.74) is 0.654. The smallest absolute Gasteiger partial charge is 0.264 e. The number of likely N-dealkylation sites (tertiary alicyclic amines) is 1. The first kappa shape index (κ1) is 19.0. The number of hydrogen-bond acceptors (Lipinski definition) is 4. The molecule has 1 N–H and O–H groups in total. The minimum absolute atomic E-state index is 0.122. The Labute approximate surface area is 172 Å². The largest absolute Gasteiger partial charge is 0.342 e. The number of anilines is 1. The van der Waals surface area contributed by atoms with E-state index in [1.165, 1.54) is 11.3 Å². The second kappa shape index (κ2) is 7.93.